The maximum atomic E-state index is 13.4. The van der Waals surface area contributed by atoms with Gasteiger partial charge in [-0.25, -0.2) is 13.8 Å². The third-order valence-electron chi connectivity index (χ3n) is 5.02. The zero-order chi connectivity index (χ0) is 27.4. The fraction of sp³-hybridized carbons (Fsp3) is 0.167. The maximum absolute atomic E-state index is 13.4. The van der Waals surface area contributed by atoms with Crippen molar-refractivity contribution in [1.29, 1.82) is 0 Å². The molecule has 37 heavy (non-hydrogen) atoms. The van der Waals surface area contributed by atoms with Crippen LogP contribution >= 0.6 is 27.5 Å². The molecule has 0 bridgehead atoms. The number of sulfonamides is 1. The molecule has 0 spiro atoms. The van der Waals surface area contributed by atoms with Crippen molar-refractivity contribution in [1.82, 2.24) is 5.43 Å². The van der Waals surface area contributed by atoms with Crippen LogP contribution in [0, 0.1) is 0 Å². The summed E-state index contributed by atoms with van der Waals surface area (Å²) in [5.74, 6) is -0.895. The molecule has 1 amide bonds. The molecule has 0 saturated carbocycles. The van der Waals surface area contributed by atoms with Crippen LogP contribution in [0.3, 0.4) is 0 Å². The Bertz CT molecular complexity index is 1420. The van der Waals surface area contributed by atoms with E-state index in [1.54, 1.807) is 18.2 Å². The quantitative estimate of drug-likeness (QED) is 0.266. The molecule has 0 atom stereocenters. The third-order valence-corrected chi connectivity index (χ3v) is 7.75. The molecule has 0 aliphatic carbocycles. The van der Waals surface area contributed by atoms with Crippen molar-refractivity contribution in [2.75, 3.05) is 29.8 Å². The van der Waals surface area contributed by atoms with Crippen molar-refractivity contribution >= 4 is 61.1 Å². The van der Waals surface area contributed by atoms with Gasteiger partial charge < -0.3 is 4.90 Å². The smallest absolute Gasteiger partial charge is 0.377 e. The van der Waals surface area contributed by atoms with E-state index < -0.39 is 39.9 Å². The molecule has 13 heteroatoms. The molecule has 3 aromatic carbocycles. The summed E-state index contributed by atoms with van der Waals surface area (Å²) in [5, 5.41) is 3.56. The van der Waals surface area contributed by atoms with E-state index in [1.165, 1.54) is 30.5 Å². The average Bonchev–Trinajstić information content (AvgIpc) is 2.82. The number of halogens is 5. The molecule has 196 valence electrons. The number of amides is 1. The number of hydrogen-bond donors (Lipinski definition) is 1. The fourth-order valence-corrected chi connectivity index (χ4v) is 5.68. The lowest BCUT2D eigenvalue weighted by Crippen LogP contribution is -2.40. The molecular formula is C24H21BrClF3N4O3S. The first-order chi connectivity index (χ1) is 17.3. The molecule has 7 nitrogen and oxygen atoms in total. The van der Waals surface area contributed by atoms with E-state index in [0.29, 0.717) is 15.9 Å². The van der Waals surface area contributed by atoms with Crippen LogP contribution < -0.4 is 14.6 Å². The summed E-state index contributed by atoms with van der Waals surface area (Å²) in [7, 11) is -0.722. The van der Waals surface area contributed by atoms with E-state index in [9.17, 15) is 26.4 Å². The Morgan fingerprint density at radius 2 is 1.73 bits per heavy atom. The van der Waals surface area contributed by atoms with Crippen LogP contribution in [0.4, 0.5) is 24.5 Å². The van der Waals surface area contributed by atoms with Gasteiger partial charge in [-0.2, -0.15) is 18.3 Å². The Kier molecular flexibility index (Phi) is 8.88. The number of rotatable bonds is 8. The van der Waals surface area contributed by atoms with Gasteiger partial charge in [-0.3, -0.25) is 9.10 Å². The lowest BCUT2D eigenvalue weighted by Gasteiger charge is -2.25. The Balaban J connectivity index is 1.91. The van der Waals surface area contributed by atoms with Gasteiger partial charge in [0.15, 0.2) is 0 Å². The maximum Gasteiger partial charge on any atom is 0.416 e. The van der Waals surface area contributed by atoms with Crippen molar-refractivity contribution in [3.63, 3.8) is 0 Å². The second-order valence-corrected chi connectivity index (χ2v) is 11.0. The highest BCUT2D eigenvalue weighted by molar-refractivity contribution is 9.10. The van der Waals surface area contributed by atoms with Gasteiger partial charge in [0.05, 0.1) is 33.1 Å². The molecule has 0 radical (unpaired) electrons. The number of nitrogens with one attached hydrogen (secondary N) is 1. The van der Waals surface area contributed by atoms with Gasteiger partial charge in [0.25, 0.3) is 15.9 Å². The van der Waals surface area contributed by atoms with Crippen molar-refractivity contribution in [2.24, 2.45) is 5.10 Å². The van der Waals surface area contributed by atoms with Crippen LogP contribution in [0.1, 0.15) is 11.1 Å². The van der Waals surface area contributed by atoms with Crippen LogP contribution in [-0.4, -0.2) is 41.2 Å². The van der Waals surface area contributed by atoms with Crippen LogP contribution in [0.2, 0.25) is 5.02 Å². The topological polar surface area (TPSA) is 82.1 Å². The zero-order valence-corrected chi connectivity index (χ0v) is 22.7. The number of hydrazone groups is 1. The molecule has 1 N–H and O–H groups in total. The molecule has 0 unspecified atom stereocenters. The second-order valence-electron chi connectivity index (χ2n) is 7.89. The van der Waals surface area contributed by atoms with E-state index in [1.807, 2.05) is 25.1 Å². The summed E-state index contributed by atoms with van der Waals surface area (Å²) in [5.41, 5.74) is 2.14. The third kappa shape index (κ3) is 7.02. The number of anilines is 2. The van der Waals surface area contributed by atoms with E-state index in [4.69, 9.17) is 11.6 Å². The Morgan fingerprint density at radius 3 is 2.32 bits per heavy atom. The van der Waals surface area contributed by atoms with Crippen LogP contribution in [-0.2, 0) is 21.0 Å². The van der Waals surface area contributed by atoms with Gasteiger partial charge in [-0.05, 0) is 64.0 Å². The molecule has 0 aliphatic rings. The number of benzene rings is 3. The number of nitrogens with zero attached hydrogens (tertiary/aromatic N) is 3. The van der Waals surface area contributed by atoms with Gasteiger partial charge in [-0.1, -0.05) is 35.9 Å². The van der Waals surface area contributed by atoms with Gasteiger partial charge in [-0.15, -0.1) is 0 Å². The van der Waals surface area contributed by atoms with Crippen molar-refractivity contribution in [3.05, 3.63) is 87.4 Å². The number of alkyl halides is 3. The predicted octanol–water partition coefficient (Wildman–Crippen LogP) is 5.53. The zero-order valence-electron chi connectivity index (χ0n) is 19.5. The average molecular weight is 618 g/mol. The van der Waals surface area contributed by atoms with Gasteiger partial charge in [0.1, 0.15) is 6.54 Å². The minimum Gasteiger partial charge on any atom is -0.377 e. The standard InChI is InChI=1S/C24H21BrClF3N4O3S/c1-32(2)21-11-8-16(12-19(21)25)14-30-31-23(34)15-33(37(35,36)18-6-4-3-5-7-18)22-13-17(24(27,28)29)9-10-20(22)26/h3-14H,15H2,1-2H3,(H,31,34)/b30-14-. The van der Waals surface area contributed by atoms with Crippen LogP contribution in [0.25, 0.3) is 0 Å². The summed E-state index contributed by atoms with van der Waals surface area (Å²) in [4.78, 5) is 14.4. The largest absolute Gasteiger partial charge is 0.416 e. The first-order valence-electron chi connectivity index (χ1n) is 10.5. The molecule has 3 aromatic rings. The van der Waals surface area contributed by atoms with Gasteiger partial charge in [0.2, 0.25) is 0 Å². The molecule has 0 heterocycles. The fourth-order valence-electron chi connectivity index (χ4n) is 3.21. The second kappa shape index (κ2) is 11.5. The highest BCUT2D eigenvalue weighted by Crippen LogP contribution is 2.37. The van der Waals surface area contributed by atoms with E-state index in [-0.39, 0.29) is 9.92 Å². The van der Waals surface area contributed by atoms with Crippen LogP contribution in [0.15, 0.2) is 81.2 Å². The lowest BCUT2D eigenvalue weighted by atomic mass is 10.2. The van der Waals surface area contributed by atoms with Gasteiger partial charge >= 0.3 is 6.18 Å². The van der Waals surface area contributed by atoms with Crippen molar-refractivity contribution in [3.8, 4) is 0 Å². The molecule has 0 fully saturated rings. The number of carbonyl (C=O) groups excluding carboxylic acids is 1. The van der Waals surface area contributed by atoms with Crippen molar-refractivity contribution in [2.45, 2.75) is 11.1 Å². The van der Waals surface area contributed by atoms with Crippen LogP contribution in [0.5, 0.6) is 0 Å². The highest BCUT2D eigenvalue weighted by Gasteiger charge is 2.34. The molecule has 3 rings (SSSR count). The molecular weight excluding hydrogens is 597 g/mol. The predicted molar refractivity (Wildman–Crippen MR) is 142 cm³/mol. The van der Waals surface area contributed by atoms with E-state index in [2.05, 4.69) is 26.5 Å². The summed E-state index contributed by atoms with van der Waals surface area (Å²) in [6.07, 6.45) is -3.42. The summed E-state index contributed by atoms with van der Waals surface area (Å²) in [6.45, 7) is -0.876. The molecule has 0 aromatic heterocycles. The highest BCUT2D eigenvalue weighted by atomic mass is 79.9. The Labute approximate surface area is 225 Å². The lowest BCUT2D eigenvalue weighted by molar-refractivity contribution is -0.137. The summed E-state index contributed by atoms with van der Waals surface area (Å²) in [6, 6.07) is 14.6. The minimum absolute atomic E-state index is 0.231. The minimum atomic E-state index is -4.76. The summed E-state index contributed by atoms with van der Waals surface area (Å²) >= 11 is 9.55. The first-order valence-corrected chi connectivity index (χ1v) is 13.1. The Morgan fingerprint density at radius 1 is 1.05 bits per heavy atom. The number of hydrogen-bond acceptors (Lipinski definition) is 5. The number of carbonyl (C=O) groups is 1. The SMILES string of the molecule is CN(C)c1ccc(/C=N\NC(=O)CN(c2cc(C(F)(F)F)ccc2Cl)S(=O)(=O)c2ccccc2)cc1Br. The molecule has 0 saturated heterocycles. The molecule has 0 aliphatic heterocycles. The summed E-state index contributed by atoms with van der Waals surface area (Å²) < 4.78 is 68.1. The van der Waals surface area contributed by atoms with Crippen molar-refractivity contribution < 1.29 is 26.4 Å². The van der Waals surface area contributed by atoms with Gasteiger partial charge in [0, 0.05) is 18.6 Å². The normalized spacial score (nSPS) is 12.0. The Hall–Kier alpha value is -3.09. The first kappa shape index (κ1) is 28.5. The van der Waals surface area contributed by atoms with E-state index in [0.717, 1.165) is 22.3 Å². The monoisotopic (exact) mass is 616 g/mol. The van der Waals surface area contributed by atoms with E-state index >= 15 is 0 Å².